The fraction of sp³-hybridized carbons (Fsp3) is 0.429. The highest BCUT2D eigenvalue weighted by atomic mass is 19.1. The Morgan fingerprint density at radius 1 is 1.17 bits per heavy atom. The summed E-state index contributed by atoms with van der Waals surface area (Å²) in [5.41, 5.74) is 0.570. The van der Waals surface area contributed by atoms with E-state index in [-0.39, 0.29) is 30.2 Å². The highest BCUT2D eigenvalue weighted by molar-refractivity contribution is 6.00. The van der Waals surface area contributed by atoms with Gasteiger partial charge in [0.1, 0.15) is 17.8 Å². The fourth-order valence-electron chi connectivity index (χ4n) is 3.79. The third-order valence-corrected chi connectivity index (χ3v) is 5.32. The number of rotatable bonds is 5. The van der Waals surface area contributed by atoms with Gasteiger partial charge in [0.15, 0.2) is 5.82 Å². The highest BCUT2D eigenvalue weighted by Gasteiger charge is 2.28. The second-order valence-corrected chi connectivity index (χ2v) is 7.45. The maximum Gasteiger partial charge on any atom is 0.238 e. The normalized spacial score (nSPS) is 19.8. The number of nitrogens with zero attached hydrogens (tertiary/aromatic N) is 3. The van der Waals surface area contributed by atoms with Crippen molar-refractivity contribution in [3.8, 4) is 11.1 Å². The van der Waals surface area contributed by atoms with Gasteiger partial charge in [0, 0.05) is 37.0 Å². The molecule has 0 unspecified atom stereocenters. The molecule has 6 nitrogen and oxygen atoms in total. The first kappa shape index (κ1) is 20.6. The first-order chi connectivity index (χ1) is 14.5. The van der Waals surface area contributed by atoms with Gasteiger partial charge in [-0.15, -0.1) is 0 Å². The second-order valence-electron chi connectivity index (χ2n) is 7.45. The van der Waals surface area contributed by atoms with Crippen LogP contribution in [-0.2, 0) is 9.53 Å². The summed E-state index contributed by atoms with van der Waals surface area (Å²) in [7, 11) is 0. The van der Waals surface area contributed by atoms with Crippen LogP contribution in [0, 0.1) is 11.6 Å². The van der Waals surface area contributed by atoms with E-state index in [4.69, 9.17) is 4.74 Å². The Kier molecular flexibility index (Phi) is 6.19. The van der Waals surface area contributed by atoms with E-state index in [0.29, 0.717) is 50.7 Å². The van der Waals surface area contributed by atoms with E-state index in [1.807, 2.05) is 4.90 Å². The molecule has 2 aromatic rings. The van der Waals surface area contributed by atoms with Crippen molar-refractivity contribution in [2.75, 3.05) is 56.2 Å². The van der Waals surface area contributed by atoms with Gasteiger partial charge in [0.25, 0.3) is 0 Å². The Morgan fingerprint density at radius 2 is 1.97 bits per heavy atom. The van der Waals surface area contributed by atoms with Crippen LogP contribution in [0.3, 0.4) is 0 Å². The van der Waals surface area contributed by atoms with Gasteiger partial charge in [-0.25, -0.2) is 18.2 Å². The van der Waals surface area contributed by atoms with Gasteiger partial charge in [0.05, 0.1) is 32.0 Å². The Balaban J connectivity index is 1.69. The molecule has 1 aromatic carbocycles. The van der Waals surface area contributed by atoms with E-state index in [2.05, 4.69) is 10.3 Å². The molecule has 1 aromatic heterocycles. The molecule has 0 radical (unpaired) electrons. The zero-order valence-electron chi connectivity index (χ0n) is 16.4. The van der Waals surface area contributed by atoms with Crippen LogP contribution in [-0.4, -0.2) is 67.9 Å². The standard InChI is InChI=1S/C21H23F3N4O2/c22-14-1-2-18(24)17(11-14)16-3-5-25-21(28-6-4-15(23)12-28)20(16)26-19(29)13-27-7-9-30-10-8-27/h1-3,5,11,15H,4,6-10,12-13H2,(H,26,29)/t15-/m0/s1. The van der Waals surface area contributed by atoms with E-state index < -0.39 is 17.8 Å². The molecule has 2 fully saturated rings. The molecule has 2 aliphatic rings. The summed E-state index contributed by atoms with van der Waals surface area (Å²) < 4.78 is 47.5. The van der Waals surface area contributed by atoms with Crippen molar-refractivity contribution < 1.29 is 22.7 Å². The summed E-state index contributed by atoms with van der Waals surface area (Å²) in [4.78, 5) is 20.8. The number of amides is 1. The Labute approximate surface area is 172 Å². The van der Waals surface area contributed by atoms with Crippen LogP contribution in [0.4, 0.5) is 24.7 Å². The molecule has 2 aliphatic heterocycles. The molecule has 1 amide bonds. The van der Waals surface area contributed by atoms with Crippen LogP contribution in [0.25, 0.3) is 11.1 Å². The van der Waals surface area contributed by atoms with Crippen molar-refractivity contribution in [3.63, 3.8) is 0 Å². The molecule has 30 heavy (non-hydrogen) atoms. The summed E-state index contributed by atoms with van der Waals surface area (Å²) in [5.74, 6) is -1.17. The number of anilines is 2. The number of benzene rings is 1. The van der Waals surface area contributed by atoms with Crippen molar-refractivity contribution in [2.24, 2.45) is 0 Å². The molecule has 0 spiro atoms. The first-order valence-electron chi connectivity index (χ1n) is 9.94. The van der Waals surface area contributed by atoms with Crippen molar-refractivity contribution >= 4 is 17.4 Å². The van der Waals surface area contributed by atoms with Gasteiger partial charge in [0.2, 0.25) is 5.91 Å². The van der Waals surface area contributed by atoms with E-state index in [0.717, 1.165) is 18.2 Å². The van der Waals surface area contributed by atoms with Crippen LogP contribution in [0.5, 0.6) is 0 Å². The minimum absolute atomic E-state index is 0.0105. The number of nitrogens with one attached hydrogen (secondary N) is 1. The largest absolute Gasteiger partial charge is 0.379 e. The molecule has 0 bridgehead atoms. The molecule has 1 atom stereocenters. The van der Waals surface area contributed by atoms with Crippen LogP contribution in [0.1, 0.15) is 6.42 Å². The Hall–Kier alpha value is -2.65. The molecule has 0 saturated carbocycles. The van der Waals surface area contributed by atoms with Crippen molar-refractivity contribution in [2.45, 2.75) is 12.6 Å². The monoisotopic (exact) mass is 420 g/mol. The van der Waals surface area contributed by atoms with Crippen LogP contribution in [0.15, 0.2) is 30.5 Å². The van der Waals surface area contributed by atoms with Gasteiger partial charge in [-0.1, -0.05) is 0 Å². The summed E-state index contributed by atoms with van der Waals surface area (Å²) in [5, 5.41) is 2.83. The molecule has 1 N–H and O–H groups in total. The summed E-state index contributed by atoms with van der Waals surface area (Å²) >= 11 is 0. The lowest BCUT2D eigenvalue weighted by molar-refractivity contribution is -0.118. The summed E-state index contributed by atoms with van der Waals surface area (Å²) in [6, 6.07) is 4.67. The minimum Gasteiger partial charge on any atom is -0.379 e. The van der Waals surface area contributed by atoms with E-state index in [1.54, 1.807) is 4.90 Å². The minimum atomic E-state index is -1.00. The van der Waals surface area contributed by atoms with Gasteiger partial charge >= 0.3 is 0 Å². The zero-order chi connectivity index (χ0) is 21.1. The number of hydrogen-bond acceptors (Lipinski definition) is 5. The van der Waals surface area contributed by atoms with Gasteiger partial charge in [-0.2, -0.15) is 0 Å². The van der Waals surface area contributed by atoms with Crippen LogP contribution < -0.4 is 10.2 Å². The van der Waals surface area contributed by atoms with Gasteiger partial charge < -0.3 is 15.0 Å². The zero-order valence-corrected chi connectivity index (χ0v) is 16.4. The molecule has 9 heteroatoms. The SMILES string of the molecule is O=C(CN1CCOCC1)Nc1c(-c2cc(F)ccc2F)ccnc1N1CC[C@H](F)C1. The number of halogens is 3. The quantitative estimate of drug-likeness (QED) is 0.806. The molecule has 3 heterocycles. The number of aromatic nitrogens is 1. The number of ether oxygens (including phenoxy) is 1. The molecule has 0 aliphatic carbocycles. The number of morpholine rings is 1. The average Bonchev–Trinajstić information content (AvgIpc) is 3.17. The first-order valence-corrected chi connectivity index (χ1v) is 9.94. The Bertz CT molecular complexity index is 921. The van der Waals surface area contributed by atoms with Crippen LogP contribution in [0.2, 0.25) is 0 Å². The third kappa shape index (κ3) is 4.57. The van der Waals surface area contributed by atoms with Crippen LogP contribution >= 0.6 is 0 Å². The molecule has 2 saturated heterocycles. The number of carbonyl (C=O) groups is 1. The summed E-state index contributed by atoms with van der Waals surface area (Å²) in [6.07, 6.45) is 0.804. The number of hydrogen-bond donors (Lipinski definition) is 1. The molecule has 4 rings (SSSR count). The maximum atomic E-state index is 14.5. The lowest BCUT2D eigenvalue weighted by Gasteiger charge is -2.27. The number of alkyl halides is 1. The van der Waals surface area contributed by atoms with E-state index >= 15 is 0 Å². The fourth-order valence-corrected chi connectivity index (χ4v) is 3.79. The van der Waals surface area contributed by atoms with E-state index in [9.17, 15) is 18.0 Å². The highest BCUT2D eigenvalue weighted by Crippen LogP contribution is 2.37. The average molecular weight is 420 g/mol. The maximum absolute atomic E-state index is 14.5. The second kappa shape index (κ2) is 9.01. The Morgan fingerprint density at radius 3 is 2.70 bits per heavy atom. The van der Waals surface area contributed by atoms with Crippen molar-refractivity contribution in [1.29, 1.82) is 0 Å². The lowest BCUT2D eigenvalue weighted by atomic mass is 10.0. The topological polar surface area (TPSA) is 57.7 Å². The van der Waals surface area contributed by atoms with Gasteiger partial charge in [-0.05, 0) is 30.7 Å². The number of carbonyl (C=O) groups excluding carboxylic acids is 1. The van der Waals surface area contributed by atoms with Crippen molar-refractivity contribution in [1.82, 2.24) is 9.88 Å². The predicted molar refractivity (Wildman–Crippen MR) is 107 cm³/mol. The number of pyridine rings is 1. The lowest BCUT2D eigenvalue weighted by Crippen LogP contribution is -2.41. The van der Waals surface area contributed by atoms with Crippen molar-refractivity contribution in [3.05, 3.63) is 42.1 Å². The third-order valence-electron chi connectivity index (χ3n) is 5.32. The molecular formula is C21H23F3N4O2. The molecule has 160 valence electrons. The van der Waals surface area contributed by atoms with Gasteiger partial charge in [-0.3, -0.25) is 9.69 Å². The van der Waals surface area contributed by atoms with E-state index in [1.165, 1.54) is 12.3 Å². The predicted octanol–water partition coefficient (Wildman–Crippen LogP) is 2.85. The molecular weight excluding hydrogens is 397 g/mol. The summed E-state index contributed by atoms with van der Waals surface area (Å²) in [6.45, 7) is 3.06. The smallest absolute Gasteiger partial charge is 0.238 e.